The number of aromatic nitrogens is 2. The Morgan fingerprint density at radius 1 is 1.29 bits per heavy atom. The van der Waals surface area contributed by atoms with Crippen LogP contribution >= 0.6 is 11.6 Å². The number of nitrogens with one attached hydrogen (secondary N) is 1. The molecule has 0 spiro atoms. The van der Waals surface area contributed by atoms with Gasteiger partial charge in [-0.3, -0.25) is 0 Å². The summed E-state index contributed by atoms with van der Waals surface area (Å²) >= 11 is 5.86. The van der Waals surface area contributed by atoms with Crippen LogP contribution < -0.4 is 11.1 Å². The first-order valence-electron chi connectivity index (χ1n) is 6.25. The molecule has 0 aromatic carbocycles. The summed E-state index contributed by atoms with van der Waals surface area (Å²) in [5.41, 5.74) is 6.29. The molecule has 0 aliphatic heterocycles. The van der Waals surface area contributed by atoms with Crippen LogP contribution in [0.1, 0.15) is 25.7 Å². The number of hydrogen-bond donors (Lipinski definition) is 2. The summed E-state index contributed by atoms with van der Waals surface area (Å²) in [6.07, 6.45) is 7.02. The molecule has 5 heteroatoms. The zero-order valence-corrected chi connectivity index (χ0v) is 10.5. The van der Waals surface area contributed by atoms with Gasteiger partial charge >= 0.3 is 0 Å². The Kier molecular flexibility index (Phi) is 2.82. The topological polar surface area (TPSA) is 63.8 Å². The highest BCUT2D eigenvalue weighted by Crippen LogP contribution is 2.49. The molecule has 2 aliphatic rings. The van der Waals surface area contributed by atoms with Crippen molar-refractivity contribution in [2.45, 2.75) is 25.7 Å². The molecule has 0 amide bonds. The van der Waals surface area contributed by atoms with Crippen molar-refractivity contribution >= 4 is 23.1 Å². The molecule has 1 heterocycles. The summed E-state index contributed by atoms with van der Waals surface area (Å²) in [7, 11) is 0. The first-order chi connectivity index (χ1) is 8.25. The molecule has 17 heavy (non-hydrogen) atoms. The fourth-order valence-corrected chi connectivity index (χ4v) is 2.63. The molecule has 1 aromatic heterocycles. The second-order valence-corrected chi connectivity index (χ2v) is 5.50. The lowest BCUT2D eigenvalue weighted by Gasteiger charge is -2.17. The summed E-state index contributed by atoms with van der Waals surface area (Å²) in [6, 6.07) is 0. The molecule has 2 aliphatic carbocycles. The molecule has 3 rings (SSSR count). The SMILES string of the molecule is Nc1c(Cl)ncnc1NCC(C1CC1)C1CC1. The van der Waals surface area contributed by atoms with Crippen LogP contribution in [-0.2, 0) is 0 Å². The maximum Gasteiger partial charge on any atom is 0.157 e. The first-order valence-corrected chi connectivity index (χ1v) is 6.63. The van der Waals surface area contributed by atoms with E-state index in [2.05, 4.69) is 15.3 Å². The fraction of sp³-hybridized carbons (Fsp3) is 0.667. The van der Waals surface area contributed by atoms with Crippen LogP contribution in [0.15, 0.2) is 6.33 Å². The minimum absolute atomic E-state index is 0.330. The number of nitrogens with two attached hydrogens (primary N) is 1. The number of rotatable bonds is 5. The van der Waals surface area contributed by atoms with E-state index < -0.39 is 0 Å². The third kappa shape index (κ3) is 2.46. The highest BCUT2D eigenvalue weighted by Gasteiger charge is 2.41. The predicted octanol–water partition coefficient (Wildman–Crippen LogP) is 2.56. The molecule has 0 saturated heterocycles. The second-order valence-electron chi connectivity index (χ2n) is 5.15. The van der Waals surface area contributed by atoms with Gasteiger partial charge in [0.2, 0.25) is 0 Å². The number of nitrogens with zero attached hydrogens (tertiary/aromatic N) is 2. The van der Waals surface area contributed by atoms with E-state index in [-0.39, 0.29) is 0 Å². The molecule has 0 bridgehead atoms. The van der Waals surface area contributed by atoms with Crippen molar-refractivity contribution in [1.82, 2.24) is 9.97 Å². The summed E-state index contributed by atoms with van der Waals surface area (Å²) in [4.78, 5) is 7.99. The quantitative estimate of drug-likeness (QED) is 0.791. The van der Waals surface area contributed by atoms with Gasteiger partial charge in [0, 0.05) is 6.54 Å². The average Bonchev–Trinajstić information content (AvgIpc) is 3.14. The third-order valence-corrected chi connectivity index (χ3v) is 4.10. The van der Waals surface area contributed by atoms with Crippen molar-refractivity contribution < 1.29 is 0 Å². The monoisotopic (exact) mass is 252 g/mol. The highest BCUT2D eigenvalue weighted by molar-refractivity contribution is 6.32. The van der Waals surface area contributed by atoms with Crippen molar-refractivity contribution in [3.63, 3.8) is 0 Å². The smallest absolute Gasteiger partial charge is 0.157 e. The van der Waals surface area contributed by atoms with E-state index in [0.29, 0.717) is 16.7 Å². The van der Waals surface area contributed by atoms with Gasteiger partial charge in [-0.25, -0.2) is 9.97 Å². The van der Waals surface area contributed by atoms with E-state index in [1.807, 2.05) is 0 Å². The van der Waals surface area contributed by atoms with Crippen molar-refractivity contribution in [3.8, 4) is 0 Å². The zero-order valence-electron chi connectivity index (χ0n) is 9.69. The van der Waals surface area contributed by atoms with Crippen molar-refractivity contribution in [1.29, 1.82) is 0 Å². The van der Waals surface area contributed by atoms with Gasteiger partial charge in [-0.2, -0.15) is 0 Å². The minimum atomic E-state index is 0.330. The van der Waals surface area contributed by atoms with Crippen LogP contribution in [-0.4, -0.2) is 16.5 Å². The van der Waals surface area contributed by atoms with Crippen LogP contribution in [0.4, 0.5) is 11.5 Å². The van der Waals surface area contributed by atoms with Crippen LogP contribution in [0.5, 0.6) is 0 Å². The minimum Gasteiger partial charge on any atom is -0.393 e. The first kappa shape index (κ1) is 11.1. The lowest BCUT2D eigenvalue weighted by molar-refractivity contribution is 0.428. The van der Waals surface area contributed by atoms with E-state index in [1.165, 1.54) is 32.0 Å². The molecule has 2 fully saturated rings. The van der Waals surface area contributed by atoms with E-state index in [0.717, 1.165) is 24.3 Å². The van der Waals surface area contributed by atoms with E-state index >= 15 is 0 Å². The number of halogens is 1. The van der Waals surface area contributed by atoms with Gasteiger partial charge in [-0.1, -0.05) is 11.6 Å². The molecule has 1 aromatic rings. The van der Waals surface area contributed by atoms with Gasteiger partial charge in [-0.15, -0.1) is 0 Å². The molecule has 92 valence electrons. The van der Waals surface area contributed by atoms with Crippen LogP contribution in [0.2, 0.25) is 5.15 Å². The number of nitrogen functional groups attached to an aromatic ring is 1. The standard InChI is InChI=1S/C12H17ClN4/c13-11-10(14)12(17-6-16-11)15-5-9(7-1-2-7)8-3-4-8/h6-9H,1-5,14H2,(H,15,16,17). The lowest BCUT2D eigenvalue weighted by Crippen LogP contribution is -2.19. The van der Waals surface area contributed by atoms with Gasteiger partial charge < -0.3 is 11.1 Å². The van der Waals surface area contributed by atoms with Crippen LogP contribution in [0.3, 0.4) is 0 Å². The second kappa shape index (κ2) is 4.33. The third-order valence-electron chi connectivity index (χ3n) is 3.80. The Morgan fingerprint density at radius 2 is 1.94 bits per heavy atom. The molecular weight excluding hydrogens is 236 g/mol. The van der Waals surface area contributed by atoms with Crippen molar-refractivity contribution in [2.75, 3.05) is 17.6 Å². The molecule has 3 N–H and O–H groups in total. The van der Waals surface area contributed by atoms with E-state index in [9.17, 15) is 0 Å². The summed E-state index contributed by atoms with van der Waals surface area (Å²) in [6.45, 7) is 0.965. The van der Waals surface area contributed by atoms with Crippen molar-refractivity contribution in [2.24, 2.45) is 17.8 Å². The number of anilines is 2. The number of hydrogen-bond acceptors (Lipinski definition) is 4. The summed E-state index contributed by atoms with van der Waals surface area (Å²) in [5, 5.41) is 3.67. The maximum absolute atomic E-state index is 5.86. The van der Waals surface area contributed by atoms with Gasteiger partial charge in [0.1, 0.15) is 12.0 Å². The fourth-order valence-electron chi connectivity index (χ4n) is 2.50. The normalized spacial score (nSPS) is 19.6. The van der Waals surface area contributed by atoms with Gasteiger partial charge in [0.15, 0.2) is 11.0 Å². The average molecular weight is 253 g/mol. The summed E-state index contributed by atoms with van der Waals surface area (Å²) < 4.78 is 0. The van der Waals surface area contributed by atoms with Crippen LogP contribution in [0.25, 0.3) is 0 Å². The van der Waals surface area contributed by atoms with Crippen LogP contribution in [0, 0.1) is 17.8 Å². The van der Waals surface area contributed by atoms with Gasteiger partial charge in [0.25, 0.3) is 0 Å². The Balaban J connectivity index is 1.64. The zero-order chi connectivity index (χ0) is 11.8. The van der Waals surface area contributed by atoms with E-state index in [1.54, 1.807) is 0 Å². The predicted molar refractivity (Wildman–Crippen MR) is 68.9 cm³/mol. The highest BCUT2D eigenvalue weighted by atomic mass is 35.5. The molecule has 0 unspecified atom stereocenters. The Labute approximate surface area is 106 Å². The maximum atomic E-state index is 5.86. The molecule has 0 atom stereocenters. The lowest BCUT2D eigenvalue weighted by atomic mass is 9.98. The van der Waals surface area contributed by atoms with Crippen molar-refractivity contribution in [3.05, 3.63) is 11.5 Å². The molecule has 4 nitrogen and oxygen atoms in total. The molecular formula is C12H17ClN4. The largest absolute Gasteiger partial charge is 0.393 e. The van der Waals surface area contributed by atoms with Gasteiger partial charge in [0.05, 0.1) is 0 Å². The molecule has 0 radical (unpaired) electrons. The Hall–Kier alpha value is -1.03. The Bertz CT molecular complexity index is 403. The van der Waals surface area contributed by atoms with E-state index in [4.69, 9.17) is 17.3 Å². The Morgan fingerprint density at radius 3 is 2.53 bits per heavy atom. The van der Waals surface area contributed by atoms with Gasteiger partial charge in [-0.05, 0) is 43.4 Å². The molecule has 2 saturated carbocycles. The summed E-state index contributed by atoms with van der Waals surface area (Å²) in [5.74, 6) is 3.32.